The lowest BCUT2D eigenvalue weighted by molar-refractivity contribution is -0.0512. The third kappa shape index (κ3) is 5.47. The SMILES string of the molecule is COc1ccc(CNC(=O)c2ccc(OCc3nccn3C)cc2)cc1OC(F)F. The van der Waals surface area contributed by atoms with E-state index in [9.17, 15) is 13.6 Å². The molecule has 3 aromatic rings. The topological polar surface area (TPSA) is 74.6 Å². The number of nitrogens with one attached hydrogen (secondary N) is 1. The van der Waals surface area contributed by atoms with Crippen LogP contribution in [-0.4, -0.2) is 29.2 Å². The highest BCUT2D eigenvalue weighted by molar-refractivity contribution is 5.94. The van der Waals surface area contributed by atoms with Gasteiger partial charge in [0.1, 0.15) is 18.2 Å². The molecule has 0 saturated heterocycles. The highest BCUT2D eigenvalue weighted by Gasteiger charge is 2.12. The maximum absolute atomic E-state index is 12.5. The summed E-state index contributed by atoms with van der Waals surface area (Å²) >= 11 is 0. The Kier molecular flexibility index (Phi) is 6.84. The minimum atomic E-state index is -2.97. The van der Waals surface area contributed by atoms with Crippen LogP contribution in [0.15, 0.2) is 54.9 Å². The maximum atomic E-state index is 12.5. The van der Waals surface area contributed by atoms with E-state index in [1.807, 2.05) is 17.8 Å². The van der Waals surface area contributed by atoms with Crippen molar-refractivity contribution in [1.29, 1.82) is 0 Å². The second-order valence-electron chi connectivity index (χ2n) is 6.31. The number of benzene rings is 2. The van der Waals surface area contributed by atoms with Crippen LogP contribution >= 0.6 is 0 Å². The largest absolute Gasteiger partial charge is 0.493 e. The third-order valence-electron chi connectivity index (χ3n) is 4.30. The van der Waals surface area contributed by atoms with Crippen molar-refractivity contribution in [2.45, 2.75) is 19.8 Å². The van der Waals surface area contributed by atoms with Gasteiger partial charge in [-0.3, -0.25) is 4.79 Å². The number of imidazole rings is 1. The van der Waals surface area contributed by atoms with Crippen LogP contribution in [0, 0.1) is 0 Å². The number of ether oxygens (including phenoxy) is 3. The van der Waals surface area contributed by atoms with Crippen molar-refractivity contribution < 1.29 is 27.8 Å². The lowest BCUT2D eigenvalue weighted by atomic mass is 10.1. The molecule has 0 bridgehead atoms. The van der Waals surface area contributed by atoms with Crippen LogP contribution < -0.4 is 19.5 Å². The van der Waals surface area contributed by atoms with Gasteiger partial charge in [0, 0.05) is 31.5 Å². The molecule has 30 heavy (non-hydrogen) atoms. The molecule has 0 atom stereocenters. The predicted octanol–water partition coefficient (Wildman–Crippen LogP) is 3.54. The van der Waals surface area contributed by atoms with Gasteiger partial charge in [-0.1, -0.05) is 6.07 Å². The Morgan fingerprint density at radius 1 is 1.17 bits per heavy atom. The van der Waals surface area contributed by atoms with Crippen LogP contribution in [0.2, 0.25) is 0 Å². The Balaban J connectivity index is 1.56. The van der Waals surface area contributed by atoms with Gasteiger partial charge in [0.15, 0.2) is 11.5 Å². The Labute approximate surface area is 172 Å². The first-order chi connectivity index (χ1) is 14.5. The first-order valence-electron chi connectivity index (χ1n) is 9.05. The quantitative estimate of drug-likeness (QED) is 0.577. The fourth-order valence-corrected chi connectivity index (χ4v) is 2.69. The van der Waals surface area contributed by atoms with Gasteiger partial charge >= 0.3 is 6.61 Å². The number of aromatic nitrogens is 2. The zero-order valence-corrected chi connectivity index (χ0v) is 16.5. The van der Waals surface area contributed by atoms with Gasteiger partial charge < -0.3 is 24.1 Å². The van der Waals surface area contributed by atoms with E-state index in [-0.39, 0.29) is 24.0 Å². The lowest BCUT2D eigenvalue weighted by Gasteiger charge is -2.12. The highest BCUT2D eigenvalue weighted by Crippen LogP contribution is 2.29. The molecular weight excluding hydrogens is 396 g/mol. The molecule has 2 aromatic carbocycles. The number of methoxy groups -OCH3 is 1. The molecule has 0 spiro atoms. The predicted molar refractivity (Wildman–Crippen MR) is 105 cm³/mol. The summed E-state index contributed by atoms with van der Waals surface area (Å²) in [6.07, 6.45) is 3.52. The summed E-state index contributed by atoms with van der Waals surface area (Å²) < 4.78 is 42.0. The molecule has 0 fully saturated rings. The molecule has 0 aliphatic rings. The van der Waals surface area contributed by atoms with Gasteiger partial charge in [-0.05, 0) is 42.0 Å². The van der Waals surface area contributed by atoms with Crippen molar-refractivity contribution in [2.24, 2.45) is 7.05 Å². The van der Waals surface area contributed by atoms with E-state index in [4.69, 9.17) is 9.47 Å². The van der Waals surface area contributed by atoms with E-state index >= 15 is 0 Å². The van der Waals surface area contributed by atoms with Crippen molar-refractivity contribution in [3.8, 4) is 17.2 Å². The number of nitrogens with zero attached hydrogens (tertiary/aromatic N) is 2. The molecule has 0 radical (unpaired) electrons. The van der Waals surface area contributed by atoms with Gasteiger partial charge in [-0.15, -0.1) is 0 Å². The minimum absolute atomic E-state index is 0.0894. The summed E-state index contributed by atoms with van der Waals surface area (Å²) in [4.78, 5) is 16.5. The summed E-state index contributed by atoms with van der Waals surface area (Å²) in [6.45, 7) is -2.52. The number of alkyl halides is 2. The molecule has 0 unspecified atom stereocenters. The molecule has 7 nitrogen and oxygen atoms in total. The summed E-state index contributed by atoms with van der Waals surface area (Å²) in [5.74, 6) is 1.18. The molecule has 1 amide bonds. The molecular formula is C21H21F2N3O4. The Hall–Kier alpha value is -3.62. The second kappa shape index (κ2) is 9.73. The van der Waals surface area contributed by atoms with E-state index in [1.54, 1.807) is 36.5 Å². The fraction of sp³-hybridized carbons (Fsp3) is 0.238. The molecule has 0 aliphatic heterocycles. The van der Waals surface area contributed by atoms with Gasteiger partial charge in [0.2, 0.25) is 0 Å². The third-order valence-corrected chi connectivity index (χ3v) is 4.30. The van der Waals surface area contributed by atoms with Crippen molar-refractivity contribution >= 4 is 5.91 Å². The number of aryl methyl sites for hydroxylation is 1. The zero-order chi connectivity index (χ0) is 21.5. The van der Waals surface area contributed by atoms with Gasteiger partial charge in [0.05, 0.1) is 7.11 Å². The number of amides is 1. The van der Waals surface area contributed by atoms with Gasteiger partial charge in [-0.2, -0.15) is 8.78 Å². The van der Waals surface area contributed by atoms with Crippen molar-refractivity contribution in [2.75, 3.05) is 7.11 Å². The molecule has 1 heterocycles. The summed E-state index contributed by atoms with van der Waals surface area (Å²) in [5, 5.41) is 2.74. The smallest absolute Gasteiger partial charge is 0.387 e. The van der Waals surface area contributed by atoms with Crippen LogP contribution in [0.5, 0.6) is 17.2 Å². The molecule has 0 aliphatic carbocycles. The average molecular weight is 417 g/mol. The molecule has 158 valence electrons. The van der Waals surface area contributed by atoms with E-state index in [1.165, 1.54) is 19.2 Å². The van der Waals surface area contributed by atoms with E-state index in [2.05, 4.69) is 15.0 Å². The lowest BCUT2D eigenvalue weighted by Crippen LogP contribution is -2.22. The summed E-state index contributed by atoms with van der Waals surface area (Å²) in [5.41, 5.74) is 1.03. The Morgan fingerprint density at radius 3 is 2.57 bits per heavy atom. The first kappa shape index (κ1) is 21.1. The molecule has 0 saturated carbocycles. The normalized spacial score (nSPS) is 10.7. The number of carbonyl (C=O) groups excluding carboxylic acids is 1. The van der Waals surface area contributed by atoms with E-state index in [0.717, 1.165) is 5.82 Å². The van der Waals surface area contributed by atoms with Crippen molar-refractivity contribution in [1.82, 2.24) is 14.9 Å². The summed E-state index contributed by atoms with van der Waals surface area (Å²) in [7, 11) is 3.24. The van der Waals surface area contributed by atoms with E-state index < -0.39 is 6.61 Å². The van der Waals surface area contributed by atoms with Crippen LogP contribution in [0.3, 0.4) is 0 Å². The molecule has 9 heteroatoms. The number of carbonyl (C=O) groups is 1. The molecule has 1 N–H and O–H groups in total. The van der Waals surface area contributed by atoms with Gasteiger partial charge in [-0.25, -0.2) is 4.98 Å². The maximum Gasteiger partial charge on any atom is 0.387 e. The summed E-state index contributed by atoms with van der Waals surface area (Å²) in [6, 6.07) is 11.2. The van der Waals surface area contributed by atoms with Crippen LogP contribution in [0.25, 0.3) is 0 Å². The van der Waals surface area contributed by atoms with E-state index in [0.29, 0.717) is 23.5 Å². The first-order valence-corrected chi connectivity index (χ1v) is 9.05. The second-order valence-corrected chi connectivity index (χ2v) is 6.31. The van der Waals surface area contributed by atoms with Crippen molar-refractivity contribution in [3.05, 3.63) is 71.8 Å². The Morgan fingerprint density at radius 2 is 1.93 bits per heavy atom. The zero-order valence-electron chi connectivity index (χ0n) is 16.5. The Bertz CT molecular complexity index is 990. The average Bonchev–Trinajstić information content (AvgIpc) is 3.15. The number of halogens is 2. The van der Waals surface area contributed by atoms with Gasteiger partial charge in [0.25, 0.3) is 5.91 Å². The number of hydrogen-bond acceptors (Lipinski definition) is 5. The number of hydrogen-bond donors (Lipinski definition) is 1. The number of rotatable bonds is 9. The van der Waals surface area contributed by atoms with Crippen LogP contribution in [0.1, 0.15) is 21.7 Å². The highest BCUT2D eigenvalue weighted by atomic mass is 19.3. The minimum Gasteiger partial charge on any atom is -0.493 e. The molecule has 3 rings (SSSR count). The monoisotopic (exact) mass is 417 g/mol. The standard InChI is InChI=1S/C21H21F2N3O4/c1-26-10-9-24-19(26)13-29-16-6-4-15(5-7-16)20(27)25-12-14-3-8-17(28-2)18(11-14)30-21(22)23/h3-11,21H,12-13H2,1-2H3,(H,25,27). The van der Waals surface area contributed by atoms with Crippen molar-refractivity contribution in [3.63, 3.8) is 0 Å². The molecule has 1 aromatic heterocycles. The fourth-order valence-electron chi connectivity index (χ4n) is 2.69. The van der Waals surface area contributed by atoms with Crippen LogP contribution in [0.4, 0.5) is 8.78 Å². The van der Waals surface area contributed by atoms with Crippen LogP contribution in [-0.2, 0) is 20.2 Å².